The van der Waals surface area contributed by atoms with E-state index in [1.807, 2.05) is 0 Å². The third-order valence-electron chi connectivity index (χ3n) is 2.25. The highest BCUT2D eigenvalue weighted by Gasteiger charge is 2.16. The van der Waals surface area contributed by atoms with Gasteiger partial charge in [0, 0.05) is 19.3 Å². The smallest absolute Gasteiger partial charge is 0.264 e. The predicted octanol–water partition coefficient (Wildman–Crippen LogP) is -0.0985. The van der Waals surface area contributed by atoms with E-state index in [2.05, 4.69) is 20.2 Å². The molecule has 0 unspecified atom stereocenters. The van der Waals surface area contributed by atoms with Crippen molar-refractivity contribution in [1.82, 2.24) is 14.8 Å². The summed E-state index contributed by atoms with van der Waals surface area (Å²) in [6.07, 6.45) is 2.71. The van der Waals surface area contributed by atoms with E-state index in [1.54, 1.807) is 13.1 Å². The monoisotopic (exact) mass is 268 g/mol. The van der Waals surface area contributed by atoms with E-state index in [-0.39, 0.29) is 4.90 Å². The second-order valence-electron chi connectivity index (χ2n) is 3.47. The molecule has 0 saturated carbocycles. The van der Waals surface area contributed by atoms with Gasteiger partial charge in [0.15, 0.2) is 0 Å². The van der Waals surface area contributed by atoms with Crippen molar-refractivity contribution in [1.29, 1.82) is 0 Å². The van der Waals surface area contributed by atoms with Crippen molar-refractivity contribution in [2.75, 3.05) is 10.1 Å². The summed E-state index contributed by atoms with van der Waals surface area (Å²) in [6.45, 7) is 0. The number of nitrogens with two attached hydrogens (primary N) is 1. The summed E-state index contributed by atoms with van der Waals surface area (Å²) in [5.74, 6) is 5.90. The van der Waals surface area contributed by atoms with Gasteiger partial charge in [0.1, 0.15) is 16.5 Å². The van der Waals surface area contributed by atoms with Gasteiger partial charge in [0.25, 0.3) is 10.0 Å². The Morgan fingerprint density at radius 1 is 1.33 bits per heavy atom. The van der Waals surface area contributed by atoms with Gasteiger partial charge in [-0.3, -0.25) is 9.40 Å². The van der Waals surface area contributed by atoms with Gasteiger partial charge in [-0.15, -0.1) is 0 Å². The molecule has 4 N–H and O–H groups in total. The number of pyridine rings is 1. The van der Waals surface area contributed by atoms with Crippen LogP contribution in [0.3, 0.4) is 0 Å². The molecule has 0 amide bonds. The van der Waals surface area contributed by atoms with Crippen LogP contribution in [0.25, 0.3) is 0 Å². The third kappa shape index (κ3) is 2.41. The number of hydrogen-bond acceptors (Lipinski definition) is 6. The van der Waals surface area contributed by atoms with Crippen molar-refractivity contribution in [3.63, 3.8) is 0 Å². The molecule has 2 aromatic rings. The summed E-state index contributed by atoms with van der Waals surface area (Å²) in [4.78, 5) is 3.88. The number of nitrogen functional groups attached to an aromatic ring is 1. The van der Waals surface area contributed by atoms with Gasteiger partial charge in [-0.1, -0.05) is 0 Å². The molecule has 18 heavy (non-hydrogen) atoms. The SMILES string of the molecule is Cn1nccc1NS(=O)(=O)c1ccc(NN)nc1. The van der Waals surface area contributed by atoms with Gasteiger partial charge in [-0.05, 0) is 12.1 Å². The minimum atomic E-state index is -3.67. The van der Waals surface area contributed by atoms with E-state index in [1.165, 1.54) is 29.2 Å². The number of hydrogen-bond donors (Lipinski definition) is 3. The van der Waals surface area contributed by atoms with Crippen molar-refractivity contribution < 1.29 is 8.42 Å². The summed E-state index contributed by atoms with van der Waals surface area (Å²) in [5.41, 5.74) is 2.32. The van der Waals surface area contributed by atoms with Gasteiger partial charge in [-0.2, -0.15) is 5.10 Å². The molecule has 2 rings (SSSR count). The average molecular weight is 268 g/mol. The van der Waals surface area contributed by atoms with Crippen LogP contribution in [0.1, 0.15) is 0 Å². The van der Waals surface area contributed by atoms with Crippen molar-refractivity contribution >= 4 is 21.7 Å². The normalized spacial score (nSPS) is 11.2. The Balaban J connectivity index is 2.28. The Kier molecular flexibility index (Phi) is 3.17. The van der Waals surface area contributed by atoms with Crippen molar-refractivity contribution in [3.05, 3.63) is 30.6 Å². The summed E-state index contributed by atoms with van der Waals surface area (Å²) in [6, 6.07) is 4.43. The molecular weight excluding hydrogens is 256 g/mol. The molecule has 0 fully saturated rings. The van der Waals surface area contributed by atoms with E-state index in [4.69, 9.17) is 5.84 Å². The number of nitrogens with one attached hydrogen (secondary N) is 2. The number of aryl methyl sites for hydroxylation is 1. The van der Waals surface area contributed by atoms with Crippen LogP contribution in [0.15, 0.2) is 35.5 Å². The van der Waals surface area contributed by atoms with Crippen LogP contribution < -0.4 is 16.0 Å². The highest BCUT2D eigenvalue weighted by Crippen LogP contribution is 2.15. The molecule has 8 nitrogen and oxygen atoms in total. The van der Waals surface area contributed by atoms with Gasteiger partial charge in [-0.25, -0.2) is 19.2 Å². The number of aromatic nitrogens is 3. The summed E-state index contributed by atoms with van der Waals surface area (Å²) in [5, 5.41) is 3.87. The minimum absolute atomic E-state index is 0.0442. The molecular formula is C9H12N6O2S. The van der Waals surface area contributed by atoms with Gasteiger partial charge in [0.2, 0.25) is 0 Å². The zero-order valence-corrected chi connectivity index (χ0v) is 10.3. The lowest BCUT2D eigenvalue weighted by Crippen LogP contribution is -2.16. The number of nitrogens with zero attached hydrogens (tertiary/aromatic N) is 3. The highest BCUT2D eigenvalue weighted by molar-refractivity contribution is 7.92. The maximum absolute atomic E-state index is 12.0. The van der Waals surface area contributed by atoms with Gasteiger partial charge < -0.3 is 5.43 Å². The fourth-order valence-corrected chi connectivity index (χ4v) is 2.33. The lowest BCUT2D eigenvalue weighted by atomic mass is 10.5. The lowest BCUT2D eigenvalue weighted by Gasteiger charge is -2.08. The molecule has 0 radical (unpaired) electrons. The maximum Gasteiger partial charge on any atom is 0.264 e. The lowest BCUT2D eigenvalue weighted by molar-refractivity contribution is 0.600. The second-order valence-corrected chi connectivity index (χ2v) is 5.15. The van der Waals surface area contributed by atoms with Crippen LogP contribution in [0.4, 0.5) is 11.6 Å². The quantitative estimate of drug-likeness (QED) is 0.527. The Morgan fingerprint density at radius 2 is 2.11 bits per heavy atom. The molecule has 0 saturated heterocycles. The number of hydrazine groups is 1. The zero-order chi connectivity index (χ0) is 13.2. The Morgan fingerprint density at radius 3 is 2.61 bits per heavy atom. The molecule has 2 aromatic heterocycles. The Bertz CT molecular complexity index is 633. The van der Waals surface area contributed by atoms with Gasteiger partial charge in [0.05, 0.1) is 6.20 Å². The fourth-order valence-electron chi connectivity index (χ4n) is 1.30. The maximum atomic E-state index is 12.0. The molecule has 96 valence electrons. The van der Waals surface area contributed by atoms with Crippen molar-refractivity contribution in [3.8, 4) is 0 Å². The Labute approximate surface area is 104 Å². The first kappa shape index (κ1) is 12.3. The number of sulfonamides is 1. The average Bonchev–Trinajstić information content (AvgIpc) is 2.74. The first-order valence-corrected chi connectivity index (χ1v) is 6.45. The van der Waals surface area contributed by atoms with Crippen LogP contribution in [-0.4, -0.2) is 23.2 Å². The third-order valence-corrected chi connectivity index (χ3v) is 3.59. The second kappa shape index (κ2) is 4.63. The van der Waals surface area contributed by atoms with Crippen molar-refractivity contribution in [2.45, 2.75) is 4.90 Å². The standard InChI is InChI=1S/C9H12N6O2S/c1-15-9(4-5-12-15)14-18(16,17)7-2-3-8(13-10)11-6-7/h2-6,14H,10H2,1H3,(H,11,13). The van der Waals surface area contributed by atoms with Crippen LogP contribution in [0, 0.1) is 0 Å². The van der Waals surface area contributed by atoms with Crippen LogP contribution >= 0.6 is 0 Å². The van der Waals surface area contributed by atoms with Crippen LogP contribution in [0.5, 0.6) is 0 Å². The summed E-state index contributed by atoms with van der Waals surface area (Å²) in [7, 11) is -2.04. The van der Waals surface area contributed by atoms with Gasteiger partial charge >= 0.3 is 0 Å². The van der Waals surface area contributed by atoms with E-state index >= 15 is 0 Å². The Hall–Kier alpha value is -2.13. The molecule has 0 bridgehead atoms. The molecule has 0 aliphatic rings. The fraction of sp³-hybridized carbons (Fsp3) is 0.111. The van der Waals surface area contributed by atoms with Crippen molar-refractivity contribution in [2.24, 2.45) is 12.9 Å². The zero-order valence-electron chi connectivity index (χ0n) is 9.53. The largest absolute Gasteiger partial charge is 0.308 e. The van der Waals surface area contributed by atoms with E-state index in [0.717, 1.165) is 0 Å². The van der Waals surface area contributed by atoms with E-state index < -0.39 is 10.0 Å². The minimum Gasteiger partial charge on any atom is -0.308 e. The number of anilines is 2. The molecule has 0 aromatic carbocycles. The highest BCUT2D eigenvalue weighted by atomic mass is 32.2. The van der Waals surface area contributed by atoms with E-state index in [9.17, 15) is 8.42 Å². The van der Waals surface area contributed by atoms with E-state index in [0.29, 0.717) is 11.6 Å². The summed E-state index contributed by atoms with van der Waals surface area (Å²) < 4.78 is 27.8. The molecule has 0 aliphatic carbocycles. The molecule has 9 heteroatoms. The molecule has 0 atom stereocenters. The molecule has 2 heterocycles. The first-order chi connectivity index (χ1) is 8.53. The first-order valence-electron chi connectivity index (χ1n) is 4.96. The van der Waals surface area contributed by atoms with Crippen LogP contribution in [-0.2, 0) is 17.1 Å². The molecule has 0 aliphatic heterocycles. The number of rotatable bonds is 4. The van der Waals surface area contributed by atoms with Crippen LogP contribution in [0.2, 0.25) is 0 Å². The molecule has 0 spiro atoms. The topological polar surface area (TPSA) is 115 Å². The summed E-state index contributed by atoms with van der Waals surface area (Å²) >= 11 is 0. The predicted molar refractivity (Wildman–Crippen MR) is 66.1 cm³/mol.